The highest BCUT2D eigenvalue weighted by Gasteiger charge is 2.29. The summed E-state index contributed by atoms with van der Waals surface area (Å²) < 4.78 is 0. The van der Waals surface area contributed by atoms with E-state index in [2.05, 4.69) is 5.32 Å². The summed E-state index contributed by atoms with van der Waals surface area (Å²) in [5.74, 6) is -0.208. The van der Waals surface area contributed by atoms with Crippen LogP contribution >= 0.6 is 0 Å². The molecule has 0 fully saturated rings. The second-order valence-electron chi connectivity index (χ2n) is 5.03. The van der Waals surface area contributed by atoms with E-state index in [-0.39, 0.29) is 17.2 Å². The average Bonchev–Trinajstić information content (AvgIpc) is 2.21. The van der Waals surface area contributed by atoms with Crippen molar-refractivity contribution in [2.75, 3.05) is 20.6 Å². The summed E-state index contributed by atoms with van der Waals surface area (Å²) in [4.78, 5) is 24.4. The quantitative estimate of drug-likeness (QED) is 0.710. The molecule has 0 rings (SSSR count). The van der Waals surface area contributed by atoms with Crippen molar-refractivity contribution in [2.24, 2.45) is 11.1 Å². The number of likely N-dealkylation sites (N-methyl/N-ethyl adjacent to an activating group) is 1. The Kier molecular flexibility index (Phi) is 5.44. The number of nitrogens with two attached hydrogens (primary N) is 1. The summed E-state index contributed by atoms with van der Waals surface area (Å²) in [6.07, 6.45) is 0.301. The van der Waals surface area contributed by atoms with Gasteiger partial charge < -0.3 is 16.0 Å². The molecule has 0 aliphatic carbocycles. The first-order valence-electron chi connectivity index (χ1n) is 5.41. The van der Waals surface area contributed by atoms with Crippen molar-refractivity contribution in [1.29, 1.82) is 0 Å². The van der Waals surface area contributed by atoms with Gasteiger partial charge in [0, 0.05) is 27.1 Å². The van der Waals surface area contributed by atoms with E-state index in [4.69, 9.17) is 5.73 Å². The Balaban J connectivity index is 4.24. The van der Waals surface area contributed by atoms with Crippen molar-refractivity contribution in [3.05, 3.63) is 0 Å². The lowest BCUT2D eigenvalue weighted by Gasteiger charge is -2.29. The van der Waals surface area contributed by atoms with E-state index in [1.54, 1.807) is 14.1 Å². The van der Waals surface area contributed by atoms with Crippen LogP contribution in [0, 0.1) is 5.41 Å². The van der Waals surface area contributed by atoms with Crippen LogP contribution in [0.4, 0.5) is 0 Å². The number of hydrogen-bond donors (Lipinski definition) is 2. The second kappa shape index (κ2) is 5.84. The third-order valence-electron chi connectivity index (χ3n) is 2.53. The normalized spacial score (nSPS) is 13.1. The summed E-state index contributed by atoms with van der Waals surface area (Å²) in [6.45, 7) is 6.15. The number of hydrogen-bond acceptors (Lipinski definition) is 3. The number of rotatable bonds is 4. The van der Waals surface area contributed by atoms with Crippen LogP contribution in [0.1, 0.15) is 27.2 Å². The third-order valence-corrected chi connectivity index (χ3v) is 2.53. The standard InChI is InChI=1S/C11H23N3O2/c1-11(2,3)9(12)10(16)14(5)7-6-8(15)13-4/h9H,6-7,12H2,1-5H3,(H,13,15). The molecule has 3 N–H and O–H groups in total. The molecule has 1 atom stereocenters. The minimum Gasteiger partial charge on any atom is -0.359 e. The fourth-order valence-electron chi connectivity index (χ4n) is 1.11. The van der Waals surface area contributed by atoms with Crippen molar-refractivity contribution in [2.45, 2.75) is 33.2 Å². The predicted octanol–water partition coefficient (Wildman–Crippen LogP) is -0.0457. The lowest BCUT2D eigenvalue weighted by molar-refractivity contribution is -0.134. The molecule has 0 spiro atoms. The van der Waals surface area contributed by atoms with Gasteiger partial charge in [-0.25, -0.2) is 0 Å². The van der Waals surface area contributed by atoms with E-state index in [9.17, 15) is 9.59 Å². The summed E-state index contributed by atoms with van der Waals surface area (Å²) in [7, 11) is 3.24. The van der Waals surface area contributed by atoms with Gasteiger partial charge in [0.25, 0.3) is 0 Å². The maximum absolute atomic E-state index is 11.9. The van der Waals surface area contributed by atoms with Crippen molar-refractivity contribution >= 4 is 11.8 Å². The average molecular weight is 229 g/mol. The number of carbonyl (C=O) groups is 2. The molecular formula is C11H23N3O2. The largest absolute Gasteiger partial charge is 0.359 e. The SMILES string of the molecule is CNC(=O)CCN(C)C(=O)C(N)C(C)(C)C. The molecule has 0 bridgehead atoms. The summed E-state index contributed by atoms with van der Waals surface area (Å²) >= 11 is 0. The molecule has 0 aliphatic heterocycles. The minimum absolute atomic E-state index is 0.0796. The molecule has 5 nitrogen and oxygen atoms in total. The Bertz CT molecular complexity index is 258. The van der Waals surface area contributed by atoms with Crippen LogP contribution in [0.25, 0.3) is 0 Å². The van der Waals surface area contributed by atoms with E-state index < -0.39 is 6.04 Å². The van der Waals surface area contributed by atoms with E-state index in [0.29, 0.717) is 13.0 Å². The van der Waals surface area contributed by atoms with Gasteiger partial charge in [-0.1, -0.05) is 20.8 Å². The van der Waals surface area contributed by atoms with Crippen molar-refractivity contribution in [3.63, 3.8) is 0 Å². The van der Waals surface area contributed by atoms with Gasteiger partial charge in [0.2, 0.25) is 11.8 Å². The van der Waals surface area contributed by atoms with E-state index in [1.807, 2.05) is 20.8 Å². The molecule has 0 aromatic rings. The van der Waals surface area contributed by atoms with Crippen LogP contribution in [0.15, 0.2) is 0 Å². The van der Waals surface area contributed by atoms with Gasteiger partial charge >= 0.3 is 0 Å². The summed E-state index contributed by atoms with van der Waals surface area (Å²) in [6, 6.07) is -0.540. The van der Waals surface area contributed by atoms with Crippen LogP contribution in [-0.2, 0) is 9.59 Å². The smallest absolute Gasteiger partial charge is 0.239 e. The van der Waals surface area contributed by atoms with Gasteiger partial charge in [0.1, 0.15) is 0 Å². The Morgan fingerprint density at radius 3 is 2.25 bits per heavy atom. The first-order chi connectivity index (χ1) is 7.20. The van der Waals surface area contributed by atoms with Gasteiger partial charge in [-0.05, 0) is 5.41 Å². The Hall–Kier alpha value is -1.10. The molecule has 0 aromatic carbocycles. The molecule has 94 valence electrons. The molecule has 0 aromatic heterocycles. The molecule has 5 heteroatoms. The fourth-order valence-corrected chi connectivity index (χ4v) is 1.11. The highest BCUT2D eigenvalue weighted by Crippen LogP contribution is 2.18. The van der Waals surface area contributed by atoms with Crippen molar-refractivity contribution in [1.82, 2.24) is 10.2 Å². The summed E-state index contributed by atoms with van der Waals surface area (Å²) in [5.41, 5.74) is 5.58. The summed E-state index contributed by atoms with van der Waals surface area (Å²) in [5, 5.41) is 2.51. The van der Waals surface area contributed by atoms with Gasteiger partial charge in [-0.3, -0.25) is 9.59 Å². The number of carbonyl (C=O) groups excluding carboxylic acids is 2. The molecule has 2 amide bonds. The third kappa shape index (κ3) is 4.61. The van der Waals surface area contributed by atoms with Gasteiger partial charge in [-0.15, -0.1) is 0 Å². The Morgan fingerprint density at radius 1 is 1.38 bits per heavy atom. The molecular weight excluding hydrogens is 206 g/mol. The maximum atomic E-state index is 11.9. The van der Waals surface area contributed by atoms with E-state index in [0.717, 1.165) is 0 Å². The highest BCUT2D eigenvalue weighted by molar-refractivity contribution is 5.83. The molecule has 0 radical (unpaired) electrons. The molecule has 0 saturated heterocycles. The Labute approximate surface area is 97.4 Å². The van der Waals surface area contributed by atoms with Crippen molar-refractivity contribution in [3.8, 4) is 0 Å². The van der Waals surface area contributed by atoms with Gasteiger partial charge in [0.15, 0.2) is 0 Å². The number of nitrogens with one attached hydrogen (secondary N) is 1. The number of nitrogens with zero attached hydrogens (tertiary/aromatic N) is 1. The zero-order chi connectivity index (χ0) is 12.9. The minimum atomic E-state index is -0.540. The molecule has 0 saturated carbocycles. The lowest BCUT2D eigenvalue weighted by atomic mass is 9.86. The first-order valence-corrected chi connectivity index (χ1v) is 5.41. The topological polar surface area (TPSA) is 75.4 Å². The fraction of sp³-hybridized carbons (Fsp3) is 0.818. The van der Waals surface area contributed by atoms with Crippen molar-refractivity contribution < 1.29 is 9.59 Å². The van der Waals surface area contributed by atoms with Crippen LogP contribution < -0.4 is 11.1 Å². The zero-order valence-corrected chi connectivity index (χ0v) is 10.8. The highest BCUT2D eigenvalue weighted by atomic mass is 16.2. The molecule has 0 aliphatic rings. The van der Waals surface area contributed by atoms with Crippen LogP contribution in [0.3, 0.4) is 0 Å². The molecule has 16 heavy (non-hydrogen) atoms. The predicted molar refractivity (Wildman–Crippen MR) is 63.8 cm³/mol. The molecule has 0 heterocycles. The van der Waals surface area contributed by atoms with Gasteiger partial charge in [-0.2, -0.15) is 0 Å². The van der Waals surface area contributed by atoms with E-state index in [1.165, 1.54) is 4.90 Å². The van der Waals surface area contributed by atoms with Crippen LogP contribution in [0.5, 0.6) is 0 Å². The monoisotopic (exact) mass is 229 g/mol. The maximum Gasteiger partial charge on any atom is 0.239 e. The Morgan fingerprint density at radius 2 is 1.88 bits per heavy atom. The molecule has 1 unspecified atom stereocenters. The number of amides is 2. The van der Waals surface area contributed by atoms with Gasteiger partial charge in [0.05, 0.1) is 6.04 Å². The first kappa shape index (κ1) is 14.9. The van der Waals surface area contributed by atoms with Crippen LogP contribution in [0.2, 0.25) is 0 Å². The van der Waals surface area contributed by atoms with E-state index >= 15 is 0 Å². The second-order valence-corrected chi connectivity index (χ2v) is 5.03. The lowest BCUT2D eigenvalue weighted by Crippen LogP contribution is -2.49. The zero-order valence-electron chi connectivity index (χ0n) is 10.8. The van der Waals surface area contributed by atoms with Crippen LogP contribution in [-0.4, -0.2) is 43.4 Å².